The number of ether oxygens (including phenoxy) is 1. The molecule has 1 amide bonds. The zero-order chi connectivity index (χ0) is 20.1. The maximum Gasteiger partial charge on any atom is 0.226 e. The SMILES string of the molecule is Cc1ccc2cnn(CCC(=O)Nc3ccc(OCc4ccccc4)cc3)c2c1. The number of nitrogens with zero attached hydrogens (tertiary/aromatic N) is 2. The molecule has 29 heavy (non-hydrogen) atoms. The highest BCUT2D eigenvalue weighted by Gasteiger charge is 2.07. The molecular formula is C24H23N3O2. The number of carbonyl (C=O) groups excluding carboxylic acids is 1. The van der Waals surface area contributed by atoms with Gasteiger partial charge in [-0.05, 0) is 48.4 Å². The normalized spacial score (nSPS) is 10.8. The Kier molecular flexibility index (Phi) is 5.56. The van der Waals surface area contributed by atoms with Gasteiger partial charge in [0.2, 0.25) is 5.91 Å². The summed E-state index contributed by atoms with van der Waals surface area (Å²) in [5.41, 5.74) is 4.10. The minimum Gasteiger partial charge on any atom is -0.489 e. The Hall–Kier alpha value is -3.60. The van der Waals surface area contributed by atoms with Crippen molar-refractivity contribution in [2.45, 2.75) is 26.5 Å². The molecule has 0 aliphatic carbocycles. The highest BCUT2D eigenvalue weighted by molar-refractivity contribution is 5.90. The van der Waals surface area contributed by atoms with E-state index in [-0.39, 0.29) is 5.91 Å². The monoisotopic (exact) mass is 385 g/mol. The van der Waals surface area contributed by atoms with E-state index in [0.29, 0.717) is 19.6 Å². The van der Waals surface area contributed by atoms with E-state index < -0.39 is 0 Å². The summed E-state index contributed by atoms with van der Waals surface area (Å²) < 4.78 is 7.65. The van der Waals surface area contributed by atoms with Crippen molar-refractivity contribution >= 4 is 22.5 Å². The summed E-state index contributed by atoms with van der Waals surface area (Å²) in [6.07, 6.45) is 2.19. The summed E-state index contributed by atoms with van der Waals surface area (Å²) in [6, 6.07) is 23.7. The zero-order valence-electron chi connectivity index (χ0n) is 16.3. The molecule has 0 saturated heterocycles. The van der Waals surface area contributed by atoms with Crippen molar-refractivity contribution in [2.24, 2.45) is 0 Å². The molecule has 0 bridgehead atoms. The Labute approximate surface area is 169 Å². The minimum atomic E-state index is -0.0424. The molecule has 0 atom stereocenters. The minimum absolute atomic E-state index is 0.0424. The van der Waals surface area contributed by atoms with Crippen LogP contribution in [0.2, 0.25) is 0 Å². The van der Waals surface area contributed by atoms with Gasteiger partial charge in [0.25, 0.3) is 0 Å². The molecule has 0 radical (unpaired) electrons. The van der Waals surface area contributed by atoms with E-state index in [2.05, 4.69) is 35.5 Å². The number of hydrogen-bond acceptors (Lipinski definition) is 3. The first kappa shape index (κ1) is 18.7. The first-order chi connectivity index (χ1) is 14.2. The lowest BCUT2D eigenvalue weighted by Gasteiger charge is -2.09. The summed E-state index contributed by atoms with van der Waals surface area (Å²) in [5.74, 6) is 0.726. The van der Waals surface area contributed by atoms with Crippen LogP contribution < -0.4 is 10.1 Å². The molecular weight excluding hydrogens is 362 g/mol. The van der Waals surface area contributed by atoms with E-state index in [1.165, 1.54) is 5.56 Å². The summed E-state index contributed by atoms with van der Waals surface area (Å²) in [7, 11) is 0. The fourth-order valence-corrected chi connectivity index (χ4v) is 3.17. The van der Waals surface area contributed by atoms with Crippen LogP contribution in [0.1, 0.15) is 17.5 Å². The third kappa shape index (κ3) is 4.82. The average molecular weight is 385 g/mol. The van der Waals surface area contributed by atoms with Crippen LogP contribution >= 0.6 is 0 Å². The van der Waals surface area contributed by atoms with Gasteiger partial charge in [-0.3, -0.25) is 9.48 Å². The van der Waals surface area contributed by atoms with Gasteiger partial charge < -0.3 is 10.1 Å². The summed E-state index contributed by atoms with van der Waals surface area (Å²) in [4.78, 5) is 12.3. The lowest BCUT2D eigenvalue weighted by molar-refractivity contribution is -0.116. The number of benzene rings is 3. The van der Waals surface area contributed by atoms with Crippen molar-refractivity contribution < 1.29 is 9.53 Å². The van der Waals surface area contributed by atoms with Crippen LogP contribution in [0.15, 0.2) is 79.0 Å². The molecule has 5 heteroatoms. The summed E-state index contributed by atoms with van der Waals surface area (Å²) in [5, 5.41) is 8.41. The molecule has 0 spiro atoms. The molecule has 0 saturated carbocycles. The second kappa shape index (κ2) is 8.61. The van der Waals surface area contributed by atoms with Crippen LogP contribution in [-0.2, 0) is 17.9 Å². The van der Waals surface area contributed by atoms with Crippen LogP contribution in [-0.4, -0.2) is 15.7 Å². The lowest BCUT2D eigenvalue weighted by Crippen LogP contribution is -2.15. The number of aromatic nitrogens is 2. The lowest BCUT2D eigenvalue weighted by atomic mass is 10.2. The zero-order valence-corrected chi connectivity index (χ0v) is 16.3. The Balaban J connectivity index is 1.29. The van der Waals surface area contributed by atoms with E-state index in [9.17, 15) is 4.79 Å². The molecule has 1 aromatic heterocycles. The predicted octanol–water partition coefficient (Wildman–Crippen LogP) is 4.95. The third-order valence-electron chi connectivity index (χ3n) is 4.74. The fraction of sp³-hybridized carbons (Fsp3) is 0.167. The van der Waals surface area contributed by atoms with Gasteiger partial charge in [0.05, 0.1) is 18.3 Å². The van der Waals surface area contributed by atoms with E-state index in [1.54, 1.807) is 0 Å². The first-order valence-corrected chi connectivity index (χ1v) is 9.66. The van der Waals surface area contributed by atoms with Crippen LogP contribution in [0.5, 0.6) is 5.75 Å². The largest absolute Gasteiger partial charge is 0.489 e. The van der Waals surface area contributed by atoms with Crippen molar-refractivity contribution in [1.82, 2.24) is 9.78 Å². The second-order valence-corrected chi connectivity index (χ2v) is 7.03. The number of carbonyl (C=O) groups is 1. The van der Waals surface area contributed by atoms with Crippen molar-refractivity contribution in [1.29, 1.82) is 0 Å². The Morgan fingerprint density at radius 1 is 1.03 bits per heavy atom. The molecule has 5 nitrogen and oxygen atoms in total. The Morgan fingerprint density at radius 3 is 2.62 bits per heavy atom. The average Bonchev–Trinajstić information content (AvgIpc) is 3.14. The van der Waals surface area contributed by atoms with E-state index in [1.807, 2.05) is 65.5 Å². The molecule has 1 heterocycles. The van der Waals surface area contributed by atoms with Crippen LogP contribution in [0.4, 0.5) is 5.69 Å². The molecule has 4 rings (SSSR count). The van der Waals surface area contributed by atoms with Crippen LogP contribution in [0.25, 0.3) is 10.9 Å². The van der Waals surface area contributed by atoms with Gasteiger partial charge in [0, 0.05) is 17.5 Å². The predicted molar refractivity (Wildman–Crippen MR) is 115 cm³/mol. The molecule has 0 aliphatic heterocycles. The van der Waals surface area contributed by atoms with Gasteiger partial charge in [0.15, 0.2) is 0 Å². The number of anilines is 1. The summed E-state index contributed by atoms with van der Waals surface area (Å²) >= 11 is 0. The smallest absolute Gasteiger partial charge is 0.226 e. The molecule has 1 N–H and O–H groups in total. The first-order valence-electron chi connectivity index (χ1n) is 9.66. The number of hydrogen-bond donors (Lipinski definition) is 1. The van der Waals surface area contributed by atoms with Gasteiger partial charge in [-0.1, -0.05) is 42.5 Å². The molecule has 3 aromatic carbocycles. The van der Waals surface area contributed by atoms with E-state index >= 15 is 0 Å². The van der Waals surface area contributed by atoms with Gasteiger partial charge in [-0.2, -0.15) is 5.10 Å². The molecule has 0 aliphatic rings. The van der Waals surface area contributed by atoms with Crippen molar-refractivity contribution in [3.05, 3.63) is 90.1 Å². The Morgan fingerprint density at radius 2 is 1.83 bits per heavy atom. The van der Waals surface area contributed by atoms with Gasteiger partial charge in [0.1, 0.15) is 12.4 Å². The second-order valence-electron chi connectivity index (χ2n) is 7.03. The molecule has 146 valence electrons. The highest BCUT2D eigenvalue weighted by atomic mass is 16.5. The van der Waals surface area contributed by atoms with E-state index in [4.69, 9.17) is 4.74 Å². The summed E-state index contributed by atoms with van der Waals surface area (Å²) in [6.45, 7) is 3.11. The maximum atomic E-state index is 12.3. The number of rotatable bonds is 7. The maximum absolute atomic E-state index is 12.3. The topological polar surface area (TPSA) is 56.2 Å². The van der Waals surface area contributed by atoms with Crippen molar-refractivity contribution in [2.75, 3.05) is 5.32 Å². The standard InChI is InChI=1S/C24H23N3O2/c1-18-7-8-20-16-25-27(23(20)15-18)14-13-24(28)26-21-9-11-22(12-10-21)29-17-19-5-3-2-4-6-19/h2-12,15-16H,13-14,17H2,1H3,(H,26,28). The van der Waals surface area contributed by atoms with Gasteiger partial charge in [-0.15, -0.1) is 0 Å². The van der Waals surface area contributed by atoms with Gasteiger partial charge >= 0.3 is 0 Å². The Bertz CT molecular complexity index is 1100. The van der Waals surface area contributed by atoms with Crippen molar-refractivity contribution in [3.63, 3.8) is 0 Å². The number of amides is 1. The third-order valence-corrected chi connectivity index (χ3v) is 4.74. The van der Waals surface area contributed by atoms with E-state index in [0.717, 1.165) is 27.9 Å². The van der Waals surface area contributed by atoms with Crippen LogP contribution in [0.3, 0.4) is 0 Å². The number of fused-ring (bicyclic) bond motifs is 1. The number of nitrogens with one attached hydrogen (secondary N) is 1. The highest BCUT2D eigenvalue weighted by Crippen LogP contribution is 2.18. The number of aryl methyl sites for hydroxylation is 2. The molecule has 4 aromatic rings. The molecule has 0 unspecified atom stereocenters. The van der Waals surface area contributed by atoms with Crippen molar-refractivity contribution in [3.8, 4) is 5.75 Å². The quantitative estimate of drug-likeness (QED) is 0.490. The molecule has 0 fully saturated rings. The van der Waals surface area contributed by atoms with Crippen LogP contribution in [0, 0.1) is 6.92 Å². The van der Waals surface area contributed by atoms with Gasteiger partial charge in [-0.25, -0.2) is 0 Å². The fourth-order valence-electron chi connectivity index (χ4n) is 3.17.